The zero-order valence-electron chi connectivity index (χ0n) is 20.5. The second-order valence-corrected chi connectivity index (χ2v) is 8.54. The van der Waals surface area contributed by atoms with E-state index >= 15 is 0 Å². The molecule has 0 saturated carbocycles. The number of anilines is 1. The molecule has 2 N–H and O–H groups in total. The van der Waals surface area contributed by atoms with Gasteiger partial charge in [0.25, 0.3) is 0 Å². The summed E-state index contributed by atoms with van der Waals surface area (Å²) in [6, 6.07) is 35.2. The predicted molar refractivity (Wildman–Crippen MR) is 144 cm³/mol. The van der Waals surface area contributed by atoms with E-state index in [4.69, 9.17) is 9.47 Å². The molecule has 0 spiro atoms. The maximum Gasteiger partial charge on any atom is 0.249 e. The number of carbonyl (C=O) groups excluding carboxylic acids is 2. The fraction of sp³-hybridized carbons (Fsp3) is 0.161. The lowest BCUT2D eigenvalue weighted by Crippen LogP contribution is -2.46. The quantitative estimate of drug-likeness (QED) is 0.263. The van der Waals surface area contributed by atoms with Gasteiger partial charge in [0.15, 0.2) is 0 Å². The van der Waals surface area contributed by atoms with Crippen LogP contribution in [0.15, 0.2) is 115 Å². The summed E-state index contributed by atoms with van der Waals surface area (Å²) in [5.74, 6) is 0.825. The Hall–Kier alpha value is -4.42. The molecule has 0 saturated heterocycles. The van der Waals surface area contributed by atoms with E-state index in [9.17, 15) is 9.59 Å². The maximum absolute atomic E-state index is 13.1. The summed E-state index contributed by atoms with van der Waals surface area (Å²) in [5, 5.41) is 5.71. The first kappa shape index (κ1) is 25.7. The van der Waals surface area contributed by atoms with Crippen molar-refractivity contribution >= 4 is 17.5 Å². The molecule has 4 aromatic carbocycles. The Morgan fingerprint density at radius 3 is 1.89 bits per heavy atom. The number of hydrogen-bond acceptors (Lipinski definition) is 4. The van der Waals surface area contributed by atoms with Crippen LogP contribution in [-0.4, -0.2) is 24.5 Å². The molecule has 0 fully saturated rings. The number of benzene rings is 4. The number of ether oxygens (including phenoxy) is 2. The van der Waals surface area contributed by atoms with Gasteiger partial charge in [0, 0.05) is 12.1 Å². The van der Waals surface area contributed by atoms with Crippen molar-refractivity contribution in [3.8, 4) is 11.5 Å². The average molecular weight is 495 g/mol. The van der Waals surface area contributed by atoms with Gasteiger partial charge in [-0.3, -0.25) is 9.59 Å². The lowest BCUT2D eigenvalue weighted by atomic mass is 10.1. The van der Waals surface area contributed by atoms with Crippen LogP contribution >= 0.6 is 0 Å². The molecule has 37 heavy (non-hydrogen) atoms. The van der Waals surface area contributed by atoms with Gasteiger partial charge in [-0.05, 0) is 53.9 Å². The molecule has 0 aromatic heterocycles. The SMILES string of the molecule is O=C(CCc1ccccc1)NC(COCc1ccccc1)C(=O)Nc1ccc(Oc2ccccc2)cc1. The van der Waals surface area contributed by atoms with Crippen LogP contribution in [0, 0.1) is 0 Å². The fourth-order valence-corrected chi connectivity index (χ4v) is 3.68. The third-order valence-electron chi connectivity index (χ3n) is 5.63. The Morgan fingerprint density at radius 1 is 0.676 bits per heavy atom. The summed E-state index contributed by atoms with van der Waals surface area (Å²) in [6.45, 7) is 0.392. The number of nitrogens with one attached hydrogen (secondary N) is 2. The number of amides is 2. The molecule has 4 aromatic rings. The van der Waals surface area contributed by atoms with E-state index in [1.54, 1.807) is 24.3 Å². The van der Waals surface area contributed by atoms with Crippen molar-refractivity contribution < 1.29 is 19.1 Å². The lowest BCUT2D eigenvalue weighted by molar-refractivity contribution is -0.128. The van der Waals surface area contributed by atoms with Crippen LogP contribution in [-0.2, 0) is 27.4 Å². The van der Waals surface area contributed by atoms with Crippen LogP contribution in [0.5, 0.6) is 11.5 Å². The minimum Gasteiger partial charge on any atom is -0.457 e. The minimum absolute atomic E-state index is 0.0486. The highest BCUT2D eigenvalue weighted by Crippen LogP contribution is 2.22. The summed E-state index contributed by atoms with van der Waals surface area (Å²) in [7, 11) is 0. The molecule has 6 nitrogen and oxygen atoms in total. The summed E-state index contributed by atoms with van der Waals surface area (Å²) in [6.07, 6.45) is 0.868. The van der Waals surface area contributed by atoms with Gasteiger partial charge in [-0.1, -0.05) is 78.9 Å². The van der Waals surface area contributed by atoms with Gasteiger partial charge < -0.3 is 20.1 Å². The van der Waals surface area contributed by atoms with Crippen LogP contribution in [0.4, 0.5) is 5.69 Å². The molecular weight excluding hydrogens is 464 g/mol. The summed E-state index contributed by atoms with van der Waals surface area (Å²) in [4.78, 5) is 25.8. The average Bonchev–Trinajstić information content (AvgIpc) is 2.94. The highest BCUT2D eigenvalue weighted by molar-refractivity contribution is 5.97. The van der Waals surface area contributed by atoms with Crippen molar-refractivity contribution in [2.75, 3.05) is 11.9 Å². The third kappa shape index (κ3) is 8.63. The Bertz CT molecular complexity index is 1250. The highest BCUT2D eigenvalue weighted by atomic mass is 16.5. The predicted octanol–water partition coefficient (Wildman–Crippen LogP) is 5.75. The van der Waals surface area contributed by atoms with Crippen LogP contribution in [0.1, 0.15) is 17.5 Å². The molecule has 0 radical (unpaired) electrons. The number of hydrogen-bond donors (Lipinski definition) is 2. The maximum atomic E-state index is 13.1. The smallest absolute Gasteiger partial charge is 0.249 e. The molecule has 188 valence electrons. The number of rotatable bonds is 12. The van der Waals surface area contributed by atoms with E-state index < -0.39 is 6.04 Å². The van der Waals surface area contributed by atoms with Crippen molar-refractivity contribution in [2.24, 2.45) is 0 Å². The Balaban J connectivity index is 1.35. The summed E-state index contributed by atoms with van der Waals surface area (Å²) < 4.78 is 11.6. The molecule has 2 amide bonds. The first-order chi connectivity index (χ1) is 18.2. The van der Waals surface area contributed by atoms with Gasteiger partial charge in [0.05, 0.1) is 13.2 Å². The normalized spacial score (nSPS) is 11.4. The van der Waals surface area contributed by atoms with Crippen molar-refractivity contribution in [1.29, 1.82) is 0 Å². The van der Waals surface area contributed by atoms with Crippen molar-refractivity contribution in [3.05, 3.63) is 126 Å². The summed E-state index contributed by atoms with van der Waals surface area (Å²) >= 11 is 0. The van der Waals surface area contributed by atoms with Gasteiger partial charge in [0.1, 0.15) is 17.5 Å². The van der Waals surface area contributed by atoms with Crippen LogP contribution in [0.25, 0.3) is 0 Å². The molecule has 0 aliphatic carbocycles. The van der Waals surface area contributed by atoms with E-state index in [1.165, 1.54) is 0 Å². The zero-order chi connectivity index (χ0) is 25.7. The standard InChI is InChI=1S/C31H30N2O4/c34-30(21-16-24-10-4-1-5-11-24)33-29(23-36-22-25-12-6-2-7-13-25)31(35)32-26-17-19-28(20-18-26)37-27-14-8-3-9-15-27/h1-15,17-20,29H,16,21-23H2,(H,32,35)(H,33,34). The van der Waals surface area contributed by atoms with E-state index in [2.05, 4.69) is 10.6 Å². The van der Waals surface area contributed by atoms with Crippen LogP contribution in [0.2, 0.25) is 0 Å². The molecule has 1 unspecified atom stereocenters. The molecular formula is C31H30N2O4. The molecule has 4 rings (SSSR count). The van der Waals surface area contributed by atoms with Gasteiger partial charge in [-0.15, -0.1) is 0 Å². The van der Waals surface area contributed by atoms with Gasteiger partial charge in [-0.25, -0.2) is 0 Å². The van der Waals surface area contributed by atoms with Gasteiger partial charge >= 0.3 is 0 Å². The minimum atomic E-state index is -0.841. The van der Waals surface area contributed by atoms with E-state index in [-0.39, 0.29) is 24.8 Å². The van der Waals surface area contributed by atoms with Gasteiger partial charge in [0.2, 0.25) is 11.8 Å². The number of para-hydroxylation sites is 1. The second kappa shape index (κ2) is 13.6. The van der Waals surface area contributed by atoms with E-state index in [0.717, 1.165) is 16.9 Å². The largest absolute Gasteiger partial charge is 0.457 e. The Morgan fingerprint density at radius 2 is 1.24 bits per heavy atom. The van der Waals surface area contributed by atoms with Crippen molar-refractivity contribution in [2.45, 2.75) is 25.5 Å². The molecule has 6 heteroatoms. The highest BCUT2D eigenvalue weighted by Gasteiger charge is 2.21. The number of aryl methyl sites for hydroxylation is 1. The van der Waals surface area contributed by atoms with Crippen molar-refractivity contribution in [3.63, 3.8) is 0 Å². The van der Waals surface area contributed by atoms with E-state index in [1.807, 2.05) is 91.0 Å². The molecule has 0 heterocycles. The fourth-order valence-electron chi connectivity index (χ4n) is 3.68. The van der Waals surface area contributed by atoms with E-state index in [0.29, 0.717) is 24.5 Å². The van der Waals surface area contributed by atoms with Crippen LogP contribution in [0.3, 0.4) is 0 Å². The first-order valence-corrected chi connectivity index (χ1v) is 12.2. The second-order valence-electron chi connectivity index (χ2n) is 8.54. The Labute approximate surface area is 217 Å². The third-order valence-corrected chi connectivity index (χ3v) is 5.63. The molecule has 0 aliphatic rings. The number of carbonyl (C=O) groups is 2. The van der Waals surface area contributed by atoms with Gasteiger partial charge in [-0.2, -0.15) is 0 Å². The molecule has 1 atom stereocenters. The van der Waals surface area contributed by atoms with Crippen molar-refractivity contribution in [1.82, 2.24) is 5.32 Å². The topological polar surface area (TPSA) is 76.7 Å². The molecule has 0 bridgehead atoms. The molecule has 0 aliphatic heterocycles. The summed E-state index contributed by atoms with van der Waals surface area (Å²) in [5.41, 5.74) is 2.65. The van der Waals surface area contributed by atoms with Crippen LogP contribution < -0.4 is 15.4 Å². The lowest BCUT2D eigenvalue weighted by Gasteiger charge is -2.19. The Kier molecular flexibility index (Phi) is 9.44. The zero-order valence-corrected chi connectivity index (χ0v) is 20.5. The first-order valence-electron chi connectivity index (χ1n) is 12.2. The monoisotopic (exact) mass is 494 g/mol.